The zero-order valence-corrected chi connectivity index (χ0v) is 12.5. The summed E-state index contributed by atoms with van der Waals surface area (Å²) in [6.45, 7) is 4.23. The van der Waals surface area contributed by atoms with E-state index in [0.29, 0.717) is 10.0 Å². The van der Waals surface area contributed by atoms with Crippen molar-refractivity contribution in [1.29, 1.82) is 0 Å². The third-order valence-electron chi connectivity index (χ3n) is 3.15. The van der Waals surface area contributed by atoms with Crippen molar-refractivity contribution in [2.45, 2.75) is 32.4 Å². The number of hydrogen-bond donors (Lipinski definition) is 2. The third-order valence-corrected chi connectivity index (χ3v) is 3.89. The summed E-state index contributed by atoms with van der Waals surface area (Å²) >= 11 is 12.0. The summed E-state index contributed by atoms with van der Waals surface area (Å²) in [6.07, 6.45) is 4.56. The molecule has 2 N–H and O–H groups in total. The van der Waals surface area contributed by atoms with E-state index in [4.69, 9.17) is 23.2 Å². The summed E-state index contributed by atoms with van der Waals surface area (Å²) in [7, 11) is 0. The summed E-state index contributed by atoms with van der Waals surface area (Å²) in [5, 5.41) is 4.70. The van der Waals surface area contributed by atoms with Gasteiger partial charge in [-0.1, -0.05) is 36.2 Å². The minimum Gasteiger partial charge on any atom is -0.347 e. The smallest absolute Gasteiger partial charge is 0.123 e. The topological polar surface area (TPSA) is 40.7 Å². The number of aromatic nitrogens is 2. The highest BCUT2D eigenvalue weighted by Gasteiger charge is 2.16. The molecule has 1 aromatic carbocycles. The minimum atomic E-state index is 0.171. The average molecular weight is 298 g/mol. The molecule has 0 aliphatic heterocycles. The summed E-state index contributed by atoms with van der Waals surface area (Å²) < 4.78 is 0. The lowest BCUT2D eigenvalue weighted by molar-refractivity contribution is 0.441. The van der Waals surface area contributed by atoms with Crippen LogP contribution in [0.5, 0.6) is 0 Å². The highest BCUT2D eigenvalue weighted by molar-refractivity contribution is 6.42. The number of rotatable bonds is 5. The maximum absolute atomic E-state index is 6.05. The Morgan fingerprint density at radius 1 is 1.32 bits per heavy atom. The molecule has 19 heavy (non-hydrogen) atoms. The van der Waals surface area contributed by atoms with Crippen LogP contribution in [-0.4, -0.2) is 9.97 Å². The van der Waals surface area contributed by atoms with E-state index in [1.807, 2.05) is 24.4 Å². The molecule has 5 heteroatoms. The Labute approximate surface area is 123 Å². The van der Waals surface area contributed by atoms with Crippen molar-refractivity contribution in [3.8, 4) is 0 Å². The van der Waals surface area contributed by atoms with Crippen LogP contribution in [0.25, 0.3) is 0 Å². The van der Waals surface area contributed by atoms with E-state index in [-0.39, 0.29) is 12.1 Å². The van der Waals surface area contributed by atoms with Crippen LogP contribution >= 0.6 is 23.2 Å². The first-order valence-electron chi connectivity index (χ1n) is 6.32. The molecule has 0 aliphatic carbocycles. The van der Waals surface area contributed by atoms with Crippen molar-refractivity contribution >= 4 is 23.2 Å². The largest absolute Gasteiger partial charge is 0.347 e. The normalized spacial score (nSPS) is 14.3. The molecule has 0 aliphatic rings. The number of imidazole rings is 1. The number of hydrogen-bond acceptors (Lipinski definition) is 2. The first-order valence-corrected chi connectivity index (χ1v) is 7.07. The SMILES string of the molecule is CCC(NC(C)c1ccc(Cl)c(Cl)c1)c1ncc[nH]1. The second-order valence-electron chi connectivity index (χ2n) is 4.50. The molecule has 2 unspecified atom stereocenters. The summed E-state index contributed by atoms with van der Waals surface area (Å²) in [6, 6.07) is 6.08. The van der Waals surface area contributed by atoms with Gasteiger partial charge in [-0.2, -0.15) is 0 Å². The predicted molar refractivity (Wildman–Crippen MR) is 79.6 cm³/mol. The van der Waals surface area contributed by atoms with Crippen LogP contribution in [0, 0.1) is 0 Å². The Morgan fingerprint density at radius 2 is 2.11 bits per heavy atom. The van der Waals surface area contributed by atoms with Crippen molar-refractivity contribution in [1.82, 2.24) is 15.3 Å². The molecule has 2 atom stereocenters. The highest BCUT2D eigenvalue weighted by atomic mass is 35.5. The van der Waals surface area contributed by atoms with Crippen molar-refractivity contribution in [3.05, 3.63) is 52.0 Å². The second-order valence-corrected chi connectivity index (χ2v) is 5.31. The molecule has 1 heterocycles. The van der Waals surface area contributed by atoms with Gasteiger partial charge >= 0.3 is 0 Å². The fourth-order valence-electron chi connectivity index (χ4n) is 2.04. The van der Waals surface area contributed by atoms with E-state index < -0.39 is 0 Å². The molecular weight excluding hydrogens is 281 g/mol. The van der Waals surface area contributed by atoms with Gasteiger partial charge in [0.25, 0.3) is 0 Å². The summed E-state index contributed by atoms with van der Waals surface area (Å²) in [5.74, 6) is 0.953. The Bertz CT molecular complexity index is 525. The van der Waals surface area contributed by atoms with Gasteiger partial charge in [-0.3, -0.25) is 0 Å². The lowest BCUT2D eigenvalue weighted by Gasteiger charge is -2.21. The van der Waals surface area contributed by atoms with Crippen LogP contribution in [0.2, 0.25) is 10.0 Å². The molecular formula is C14H17Cl2N3. The lowest BCUT2D eigenvalue weighted by atomic mass is 10.1. The Morgan fingerprint density at radius 3 is 2.68 bits per heavy atom. The van der Waals surface area contributed by atoms with E-state index in [1.165, 1.54) is 0 Å². The van der Waals surface area contributed by atoms with Gasteiger partial charge < -0.3 is 10.3 Å². The van der Waals surface area contributed by atoms with Crippen LogP contribution in [0.3, 0.4) is 0 Å². The Balaban J connectivity index is 2.11. The predicted octanol–water partition coefficient (Wildman–Crippen LogP) is 4.52. The van der Waals surface area contributed by atoms with E-state index in [9.17, 15) is 0 Å². The first kappa shape index (κ1) is 14.4. The fraction of sp³-hybridized carbons (Fsp3) is 0.357. The number of H-pyrrole nitrogens is 1. The monoisotopic (exact) mass is 297 g/mol. The summed E-state index contributed by atoms with van der Waals surface area (Å²) in [4.78, 5) is 7.45. The second kappa shape index (κ2) is 6.42. The van der Waals surface area contributed by atoms with E-state index in [2.05, 4.69) is 29.1 Å². The number of halogens is 2. The highest BCUT2D eigenvalue weighted by Crippen LogP contribution is 2.27. The van der Waals surface area contributed by atoms with Crippen LogP contribution in [0.4, 0.5) is 0 Å². The van der Waals surface area contributed by atoms with Gasteiger partial charge in [-0.25, -0.2) is 4.98 Å². The van der Waals surface area contributed by atoms with Gasteiger partial charge in [0.1, 0.15) is 5.82 Å². The van der Waals surface area contributed by atoms with Crippen LogP contribution in [0.15, 0.2) is 30.6 Å². The van der Waals surface area contributed by atoms with Gasteiger partial charge in [0, 0.05) is 18.4 Å². The number of nitrogens with one attached hydrogen (secondary N) is 2. The molecule has 0 fully saturated rings. The molecule has 2 rings (SSSR count). The van der Waals surface area contributed by atoms with Gasteiger partial charge in [-0.05, 0) is 31.0 Å². The zero-order chi connectivity index (χ0) is 13.8. The Hall–Kier alpha value is -1.03. The molecule has 0 spiro atoms. The van der Waals surface area contributed by atoms with Gasteiger partial charge in [0.15, 0.2) is 0 Å². The maximum Gasteiger partial charge on any atom is 0.123 e. The van der Waals surface area contributed by atoms with Gasteiger partial charge in [0.05, 0.1) is 16.1 Å². The average Bonchev–Trinajstić information content (AvgIpc) is 2.92. The number of nitrogens with zero attached hydrogens (tertiary/aromatic N) is 1. The van der Waals surface area contributed by atoms with Gasteiger partial charge in [-0.15, -0.1) is 0 Å². The Kier molecular flexibility index (Phi) is 4.86. The molecule has 0 saturated carbocycles. The van der Waals surface area contributed by atoms with E-state index >= 15 is 0 Å². The molecule has 1 aromatic heterocycles. The molecule has 0 radical (unpaired) electrons. The van der Waals surface area contributed by atoms with Crippen LogP contribution in [-0.2, 0) is 0 Å². The lowest BCUT2D eigenvalue weighted by Crippen LogP contribution is -2.25. The van der Waals surface area contributed by atoms with Crippen molar-refractivity contribution in [3.63, 3.8) is 0 Å². The van der Waals surface area contributed by atoms with Crippen LogP contribution < -0.4 is 5.32 Å². The van der Waals surface area contributed by atoms with Crippen molar-refractivity contribution in [2.75, 3.05) is 0 Å². The molecule has 3 nitrogen and oxygen atoms in total. The zero-order valence-electron chi connectivity index (χ0n) is 11.0. The summed E-state index contributed by atoms with van der Waals surface area (Å²) in [5.41, 5.74) is 1.11. The molecule has 0 saturated heterocycles. The molecule has 102 valence electrons. The standard InChI is InChI=1S/C14H17Cl2N3/c1-3-13(14-17-6-7-18-14)19-9(2)10-4-5-11(15)12(16)8-10/h4-9,13,19H,3H2,1-2H3,(H,17,18). The quantitative estimate of drug-likeness (QED) is 0.852. The van der Waals surface area contributed by atoms with Gasteiger partial charge in [0.2, 0.25) is 0 Å². The number of benzene rings is 1. The molecule has 2 aromatic rings. The van der Waals surface area contributed by atoms with Crippen molar-refractivity contribution in [2.24, 2.45) is 0 Å². The maximum atomic E-state index is 6.05. The number of aromatic amines is 1. The first-order chi connectivity index (χ1) is 9.11. The van der Waals surface area contributed by atoms with E-state index in [0.717, 1.165) is 17.8 Å². The molecule has 0 bridgehead atoms. The van der Waals surface area contributed by atoms with Crippen molar-refractivity contribution < 1.29 is 0 Å². The fourth-order valence-corrected chi connectivity index (χ4v) is 2.34. The van der Waals surface area contributed by atoms with E-state index in [1.54, 1.807) is 6.20 Å². The van der Waals surface area contributed by atoms with Crippen LogP contribution in [0.1, 0.15) is 43.7 Å². The molecule has 0 amide bonds. The minimum absolute atomic E-state index is 0.171. The third kappa shape index (κ3) is 3.50.